The van der Waals surface area contributed by atoms with E-state index in [1.165, 1.54) is 30.5 Å². The molecular formula is C22H35N. The molecule has 1 aliphatic heterocycles. The second-order valence-corrected chi connectivity index (χ2v) is 10.0. The minimum atomic E-state index is 0.252. The largest absolute Gasteiger partial charge is 0.365 e. The molecule has 0 bridgehead atoms. The highest BCUT2D eigenvalue weighted by atomic mass is 15.3. The first-order chi connectivity index (χ1) is 10.5. The van der Waals surface area contributed by atoms with E-state index in [0.29, 0.717) is 22.7 Å². The van der Waals surface area contributed by atoms with Gasteiger partial charge in [-0.1, -0.05) is 59.7 Å². The van der Waals surface area contributed by atoms with Gasteiger partial charge in [-0.2, -0.15) is 0 Å². The van der Waals surface area contributed by atoms with Crippen LogP contribution in [0.3, 0.4) is 0 Å². The summed E-state index contributed by atoms with van der Waals surface area (Å²) in [5.74, 6) is 1.14. The Morgan fingerprint density at radius 1 is 0.870 bits per heavy atom. The topological polar surface area (TPSA) is 3.24 Å². The van der Waals surface area contributed by atoms with E-state index in [-0.39, 0.29) is 5.54 Å². The summed E-state index contributed by atoms with van der Waals surface area (Å²) in [6, 6.07) is 6.96. The van der Waals surface area contributed by atoms with Crippen molar-refractivity contribution in [3.05, 3.63) is 29.3 Å². The van der Waals surface area contributed by atoms with Gasteiger partial charge in [0.15, 0.2) is 0 Å². The number of hydrogen-bond donors (Lipinski definition) is 0. The maximum atomic E-state index is 2.77. The van der Waals surface area contributed by atoms with E-state index < -0.39 is 0 Å². The Kier molecular flexibility index (Phi) is 3.67. The zero-order valence-corrected chi connectivity index (χ0v) is 16.5. The SMILES string of the molecule is CC(C)c1cccc(C(C)C)c1N1C[C@]2(CC1(C)C)CC2(C)C. The normalized spacial score (nSPS) is 28.2. The van der Waals surface area contributed by atoms with Gasteiger partial charge in [-0.3, -0.25) is 0 Å². The van der Waals surface area contributed by atoms with Gasteiger partial charge in [-0.05, 0) is 60.5 Å². The third-order valence-corrected chi connectivity index (χ3v) is 6.67. The summed E-state index contributed by atoms with van der Waals surface area (Å²) >= 11 is 0. The van der Waals surface area contributed by atoms with Crippen molar-refractivity contribution >= 4 is 5.69 Å². The van der Waals surface area contributed by atoms with E-state index in [9.17, 15) is 0 Å². The van der Waals surface area contributed by atoms with Crippen LogP contribution in [0.2, 0.25) is 0 Å². The molecule has 0 unspecified atom stereocenters. The molecule has 0 aromatic heterocycles. The molecule has 1 spiro atoms. The van der Waals surface area contributed by atoms with E-state index in [0.717, 1.165) is 0 Å². The summed E-state index contributed by atoms with van der Waals surface area (Å²) in [5, 5.41) is 0. The van der Waals surface area contributed by atoms with Crippen molar-refractivity contribution in [2.45, 2.75) is 85.6 Å². The Morgan fingerprint density at radius 3 is 1.70 bits per heavy atom. The summed E-state index contributed by atoms with van der Waals surface area (Å²) < 4.78 is 0. The molecule has 0 N–H and O–H groups in total. The highest BCUT2D eigenvalue weighted by Gasteiger charge is 2.67. The van der Waals surface area contributed by atoms with Crippen LogP contribution in [-0.4, -0.2) is 12.1 Å². The smallest absolute Gasteiger partial charge is 0.0441 e. The fourth-order valence-electron chi connectivity index (χ4n) is 5.07. The first-order valence-electron chi connectivity index (χ1n) is 9.41. The molecule has 1 aromatic rings. The number of para-hydroxylation sites is 1. The van der Waals surface area contributed by atoms with Crippen LogP contribution in [0.15, 0.2) is 18.2 Å². The molecule has 1 heterocycles. The zero-order valence-electron chi connectivity index (χ0n) is 16.5. The molecule has 23 heavy (non-hydrogen) atoms. The number of benzene rings is 1. The molecule has 2 fully saturated rings. The number of hydrogen-bond acceptors (Lipinski definition) is 1. The average molecular weight is 314 g/mol. The van der Waals surface area contributed by atoms with Crippen molar-refractivity contribution in [2.75, 3.05) is 11.4 Å². The van der Waals surface area contributed by atoms with Crippen molar-refractivity contribution in [1.82, 2.24) is 0 Å². The summed E-state index contributed by atoms with van der Waals surface area (Å²) in [4.78, 5) is 2.77. The molecule has 1 saturated heterocycles. The van der Waals surface area contributed by atoms with E-state index in [1.54, 1.807) is 5.69 Å². The van der Waals surface area contributed by atoms with E-state index >= 15 is 0 Å². The Morgan fingerprint density at radius 2 is 1.35 bits per heavy atom. The Hall–Kier alpha value is -0.980. The van der Waals surface area contributed by atoms with Crippen molar-refractivity contribution < 1.29 is 0 Å². The van der Waals surface area contributed by atoms with E-state index in [1.807, 2.05) is 0 Å². The highest BCUT2D eigenvalue weighted by molar-refractivity contribution is 5.65. The van der Waals surface area contributed by atoms with Gasteiger partial charge in [0.1, 0.15) is 0 Å². The van der Waals surface area contributed by atoms with Crippen LogP contribution in [-0.2, 0) is 0 Å². The van der Waals surface area contributed by atoms with Crippen molar-refractivity contribution in [1.29, 1.82) is 0 Å². The summed E-state index contributed by atoms with van der Waals surface area (Å²) in [7, 11) is 0. The van der Waals surface area contributed by atoms with Gasteiger partial charge in [0.2, 0.25) is 0 Å². The lowest BCUT2D eigenvalue weighted by molar-refractivity contribution is 0.383. The lowest BCUT2D eigenvalue weighted by atomic mass is 9.88. The number of nitrogens with zero attached hydrogens (tertiary/aromatic N) is 1. The molecule has 1 nitrogen and oxygen atoms in total. The molecule has 1 heteroatoms. The van der Waals surface area contributed by atoms with Crippen LogP contribution in [0.25, 0.3) is 0 Å². The molecule has 1 aromatic carbocycles. The minimum absolute atomic E-state index is 0.252. The van der Waals surface area contributed by atoms with Gasteiger partial charge >= 0.3 is 0 Å². The Labute approximate surface area is 143 Å². The fourth-order valence-corrected chi connectivity index (χ4v) is 5.07. The second kappa shape index (κ2) is 5.01. The van der Waals surface area contributed by atoms with Crippen molar-refractivity contribution in [3.8, 4) is 0 Å². The van der Waals surface area contributed by atoms with E-state index in [2.05, 4.69) is 78.5 Å². The maximum absolute atomic E-state index is 2.77. The molecule has 1 aliphatic carbocycles. The van der Waals surface area contributed by atoms with Gasteiger partial charge in [-0.25, -0.2) is 0 Å². The minimum Gasteiger partial charge on any atom is -0.365 e. The fraction of sp³-hybridized carbons (Fsp3) is 0.727. The molecule has 1 atom stereocenters. The third kappa shape index (κ3) is 2.51. The number of rotatable bonds is 3. The lowest BCUT2D eigenvalue weighted by Gasteiger charge is -2.38. The Balaban J connectivity index is 2.11. The summed E-state index contributed by atoms with van der Waals surface area (Å²) in [6.45, 7) is 20.4. The standard InChI is InChI=1S/C22H35N/c1-15(2)17-10-9-11-18(16(3)4)19(17)23-14-22(12-20(22,5)6)13-21(23,7)8/h9-11,15-16H,12-14H2,1-8H3/t22-/m1/s1. The van der Waals surface area contributed by atoms with Crippen LogP contribution in [0.5, 0.6) is 0 Å². The monoisotopic (exact) mass is 313 g/mol. The molecule has 0 amide bonds. The van der Waals surface area contributed by atoms with Crippen LogP contribution in [0, 0.1) is 10.8 Å². The third-order valence-electron chi connectivity index (χ3n) is 6.67. The summed E-state index contributed by atoms with van der Waals surface area (Å²) in [5.41, 5.74) is 5.91. The summed E-state index contributed by atoms with van der Waals surface area (Å²) in [6.07, 6.45) is 2.72. The van der Waals surface area contributed by atoms with Gasteiger partial charge in [-0.15, -0.1) is 0 Å². The van der Waals surface area contributed by atoms with Gasteiger partial charge in [0.25, 0.3) is 0 Å². The molecule has 3 rings (SSSR count). The van der Waals surface area contributed by atoms with Gasteiger partial charge in [0.05, 0.1) is 0 Å². The van der Waals surface area contributed by atoms with Crippen LogP contribution in [0.1, 0.15) is 91.2 Å². The first kappa shape index (κ1) is 16.9. The van der Waals surface area contributed by atoms with Crippen LogP contribution in [0.4, 0.5) is 5.69 Å². The Bertz CT molecular complexity index is 582. The molecule has 128 valence electrons. The number of anilines is 1. The van der Waals surface area contributed by atoms with Crippen molar-refractivity contribution in [3.63, 3.8) is 0 Å². The predicted octanol–water partition coefficient (Wildman–Crippen LogP) is 6.34. The second-order valence-electron chi connectivity index (χ2n) is 10.0. The maximum Gasteiger partial charge on any atom is 0.0441 e. The van der Waals surface area contributed by atoms with E-state index in [4.69, 9.17) is 0 Å². The average Bonchev–Trinajstić information content (AvgIpc) is 2.80. The predicted molar refractivity (Wildman–Crippen MR) is 101 cm³/mol. The highest BCUT2D eigenvalue weighted by Crippen LogP contribution is 2.71. The van der Waals surface area contributed by atoms with Gasteiger partial charge < -0.3 is 4.90 Å². The lowest BCUT2D eigenvalue weighted by Crippen LogP contribution is -2.39. The molecular weight excluding hydrogens is 278 g/mol. The van der Waals surface area contributed by atoms with Crippen molar-refractivity contribution in [2.24, 2.45) is 10.8 Å². The van der Waals surface area contributed by atoms with Crippen LogP contribution < -0.4 is 4.90 Å². The molecule has 0 radical (unpaired) electrons. The zero-order chi connectivity index (χ0) is 17.2. The molecule has 1 saturated carbocycles. The first-order valence-corrected chi connectivity index (χ1v) is 9.41. The van der Waals surface area contributed by atoms with Crippen LogP contribution >= 0.6 is 0 Å². The molecule has 2 aliphatic rings. The van der Waals surface area contributed by atoms with Gasteiger partial charge in [0, 0.05) is 17.8 Å². The quantitative estimate of drug-likeness (QED) is 0.629.